The van der Waals surface area contributed by atoms with Crippen LogP contribution < -0.4 is 0 Å². The molecule has 0 aliphatic carbocycles. The molecule has 0 bridgehead atoms. The van der Waals surface area contributed by atoms with Gasteiger partial charge in [-0.1, -0.05) is 18.2 Å². The number of nitrogens with zero attached hydrogens (tertiary/aromatic N) is 2. The van der Waals surface area contributed by atoms with Crippen molar-refractivity contribution in [1.82, 2.24) is 4.98 Å². The molecule has 2 rings (SSSR count). The summed E-state index contributed by atoms with van der Waals surface area (Å²) in [5.41, 5.74) is 1.80. The molecule has 2 aromatic rings. The topological polar surface area (TPSA) is 63.0 Å². The highest BCUT2D eigenvalue weighted by atomic mass is 16.5. The Morgan fingerprint density at radius 1 is 1.42 bits per heavy atom. The van der Waals surface area contributed by atoms with Crippen LogP contribution in [0.15, 0.2) is 36.5 Å². The van der Waals surface area contributed by atoms with E-state index in [1.54, 1.807) is 13.1 Å². The molecule has 4 nitrogen and oxygen atoms in total. The SMILES string of the molecule is CCOC(=O)C(C#N)Cc1ccnc2ccccc12. The van der Waals surface area contributed by atoms with Crippen LogP contribution in [0.3, 0.4) is 0 Å². The van der Waals surface area contributed by atoms with Crippen molar-refractivity contribution in [3.8, 4) is 6.07 Å². The van der Waals surface area contributed by atoms with Crippen LogP contribution in [0.4, 0.5) is 0 Å². The molecule has 1 unspecified atom stereocenters. The Labute approximate surface area is 111 Å². The fourth-order valence-electron chi connectivity index (χ4n) is 1.98. The number of benzene rings is 1. The molecule has 1 heterocycles. The normalized spacial score (nSPS) is 11.8. The van der Waals surface area contributed by atoms with Crippen molar-refractivity contribution in [3.05, 3.63) is 42.1 Å². The first-order chi connectivity index (χ1) is 9.26. The van der Waals surface area contributed by atoms with Crippen molar-refractivity contribution >= 4 is 16.9 Å². The monoisotopic (exact) mass is 254 g/mol. The zero-order valence-corrected chi connectivity index (χ0v) is 10.7. The molecule has 1 atom stereocenters. The van der Waals surface area contributed by atoms with Gasteiger partial charge in [-0.05, 0) is 31.0 Å². The first-order valence-electron chi connectivity index (χ1n) is 6.15. The highest BCUT2D eigenvalue weighted by Crippen LogP contribution is 2.19. The van der Waals surface area contributed by atoms with E-state index in [1.807, 2.05) is 36.4 Å². The van der Waals surface area contributed by atoms with Crippen LogP contribution in [0, 0.1) is 17.2 Å². The van der Waals surface area contributed by atoms with Gasteiger partial charge in [-0.25, -0.2) is 0 Å². The van der Waals surface area contributed by atoms with Crippen molar-refractivity contribution in [3.63, 3.8) is 0 Å². The second-order valence-electron chi connectivity index (χ2n) is 4.13. The molecule has 1 aromatic carbocycles. The summed E-state index contributed by atoms with van der Waals surface area (Å²) in [6.07, 6.45) is 2.04. The minimum Gasteiger partial charge on any atom is -0.465 e. The summed E-state index contributed by atoms with van der Waals surface area (Å²) in [6, 6.07) is 11.5. The number of nitriles is 1. The molecule has 0 aliphatic heterocycles. The van der Waals surface area contributed by atoms with Gasteiger partial charge >= 0.3 is 5.97 Å². The number of hydrogen-bond donors (Lipinski definition) is 0. The predicted octanol–water partition coefficient (Wildman–Crippen LogP) is 2.48. The Bertz CT molecular complexity index is 626. The molecule has 0 saturated heterocycles. The summed E-state index contributed by atoms with van der Waals surface area (Å²) in [7, 11) is 0. The van der Waals surface area contributed by atoms with Crippen molar-refractivity contribution in [2.45, 2.75) is 13.3 Å². The lowest BCUT2D eigenvalue weighted by Gasteiger charge is -2.10. The van der Waals surface area contributed by atoms with Crippen molar-refractivity contribution in [1.29, 1.82) is 5.26 Å². The lowest BCUT2D eigenvalue weighted by molar-refractivity contribution is -0.145. The van der Waals surface area contributed by atoms with E-state index in [9.17, 15) is 4.79 Å². The number of carbonyl (C=O) groups excluding carboxylic acids is 1. The fraction of sp³-hybridized carbons (Fsp3) is 0.267. The van der Waals surface area contributed by atoms with Gasteiger partial charge in [0.15, 0.2) is 0 Å². The average molecular weight is 254 g/mol. The van der Waals surface area contributed by atoms with Gasteiger partial charge < -0.3 is 4.74 Å². The van der Waals surface area contributed by atoms with Gasteiger partial charge in [0.2, 0.25) is 0 Å². The van der Waals surface area contributed by atoms with Crippen molar-refractivity contribution < 1.29 is 9.53 Å². The van der Waals surface area contributed by atoms with Crippen LogP contribution in [0.2, 0.25) is 0 Å². The largest absolute Gasteiger partial charge is 0.465 e. The number of hydrogen-bond acceptors (Lipinski definition) is 4. The summed E-state index contributed by atoms with van der Waals surface area (Å²) in [4.78, 5) is 15.9. The molecule has 0 aliphatic rings. The smallest absolute Gasteiger partial charge is 0.323 e. The number of esters is 1. The lowest BCUT2D eigenvalue weighted by Crippen LogP contribution is -2.18. The maximum Gasteiger partial charge on any atom is 0.323 e. The van der Waals surface area contributed by atoms with Gasteiger partial charge in [0.25, 0.3) is 0 Å². The van der Waals surface area contributed by atoms with Crippen molar-refractivity contribution in [2.75, 3.05) is 6.61 Å². The molecule has 0 spiro atoms. The molecule has 0 N–H and O–H groups in total. The summed E-state index contributed by atoms with van der Waals surface area (Å²) in [5.74, 6) is -1.24. The standard InChI is InChI=1S/C15H14N2O2/c1-2-19-15(18)12(10-16)9-11-7-8-17-14-6-4-3-5-13(11)14/h3-8,12H,2,9H2,1H3. The van der Waals surface area contributed by atoms with Crippen LogP contribution in [-0.4, -0.2) is 17.6 Å². The molecule has 0 fully saturated rings. The molecule has 0 saturated carbocycles. The second kappa shape index (κ2) is 5.96. The Morgan fingerprint density at radius 3 is 2.95 bits per heavy atom. The van der Waals surface area contributed by atoms with Crippen LogP contribution in [0.1, 0.15) is 12.5 Å². The van der Waals surface area contributed by atoms with Gasteiger partial charge in [-0.2, -0.15) is 5.26 Å². The van der Waals surface area contributed by atoms with Crippen molar-refractivity contribution in [2.24, 2.45) is 5.92 Å². The number of ether oxygens (including phenoxy) is 1. The fourth-order valence-corrected chi connectivity index (χ4v) is 1.98. The maximum absolute atomic E-state index is 11.7. The molecule has 0 amide bonds. The van der Waals surface area contributed by atoms with E-state index < -0.39 is 11.9 Å². The molecule has 0 radical (unpaired) electrons. The third-order valence-electron chi connectivity index (χ3n) is 2.89. The third kappa shape index (κ3) is 2.89. The number of carbonyl (C=O) groups is 1. The minimum atomic E-state index is -0.772. The first kappa shape index (κ1) is 13.0. The summed E-state index contributed by atoms with van der Waals surface area (Å²) in [6.45, 7) is 2.02. The quantitative estimate of drug-likeness (QED) is 0.786. The Kier molecular flexibility index (Phi) is 4.09. The van der Waals surface area contributed by atoms with Crippen LogP contribution in [0.5, 0.6) is 0 Å². The van der Waals surface area contributed by atoms with E-state index in [0.29, 0.717) is 6.42 Å². The molecular weight excluding hydrogens is 240 g/mol. The molecular formula is C15H14N2O2. The summed E-state index contributed by atoms with van der Waals surface area (Å²) >= 11 is 0. The zero-order chi connectivity index (χ0) is 13.7. The van der Waals surface area contributed by atoms with Crippen LogP contribution in [0.25, 0.3) is 10.9 Å². The van der Waals surface area contributed by atoms with Gasteiger partial charge in [0, 0.05) is 11.6 Å². The predicted molar refractivity (Wildman–Crippen MR) is 71.2 cm³/mol. The highest BCUT2D eigenvalue weighted by Gasteiger charge is 2.20. The number of fused-ring (bicyclic) bond motifs is 1. The Hall–Kier alpha value is -2.41. The summed E-state index contributed by atoms with van der Waals surface area (Å²) in [5, 5.41) is 10.1. The third-order valence-corrected chi connectivity index (χ3v) is 2.89. The number of pyridine rings is 1. The number of aromatic nitrogens is 1. The van der Waals surface area contributed by atoms with Gasteiger partial charge in [0.1, 0.15) is 5.92 Å². The van der Waals surface area contributed by atoms with E-state index in [0.717, 1.165) is 16.5 Å². The van der Waals surface area contributed by atoms with Gasteiger partial charge in [-0.3, -0.25) is 9.78 Å². The molecule has 96 valence electrons. The maximum atomic E-state index is 11.7. The first-order valence-corrected chi connectivity index (χ1v) is 6.15. The Balaban J connectivity index is 2.30. The number of rotatable bonds is 4. The van der Waals surface area contributed by atoms with Gasteiger partial charge in [0.05, 0.1) is 18.2 Å². The number of para-hydroxylation sites is 1. The minimum absolute atomic E-state index is 0.286. The van der Waals surface area contributed by atoms with E-state index in [2.05, 4.69) is 4.98 Å². The highest BCUT2D eigenvalue weighted by molar-refractivity contribution is 5.83. The molecule has 4 heteroatoms. The van der Waals surface area contributed by atoms with Crippen LogP contribution in [-0.2, 0) is 16.0 Å². The average Bonchev–Trinajstić information content (AvgIpc) is 2.45. The molecule has 1 aromatic heterocycles. The Morgan fingerprint density at radius 2 is 2.21 bits per heavy atom. The van der Waals surface area contributed by atoms with E-state index in [4.69, 9.17) is 10.00 Å². The van der Waals surface area contributed by atoms with E-state index in [-0.39, 0.29) is 6.61 Å². The second-order valence-corrected chi connectivity index (χ2v) is 4.13. The zero-order valence-electron chi connectivity index (χ0n) is 10.7. The summed E-state index contributed by atoms with van der Waals surface area (Å²) < 4.78 is 4.90. The van der Waals surface area contributed by atoms with Gasteiger partial charge in [-0.15, -0.1) is 0 Å². The lowest BCUT2D eigenvalue weighted by atomic mass is 9.98. The van der Waals surface area contributed by atoms with E-state index >= 15 is 0 Å². The van der Waals surface area contributed by atoms with E-state index in [1.165, 1.54) is 0 Å². The van der Waals surface area contributed by atoms with Crippen LogP contribution >= 0.6 is 0 Å². The molecule has 19 heavy (non-hydrogen) atoms.